The number of anilines is 2. The Bertz CT molecular complexity index is 708. The summed E-state index contributed by atoms with van der Waals surface area (Å²) in [5.74, 6) is -0.756. The first kappa shape index (κ1) is 19.5. The number of carbonyl (C=O) groups excluding carboxylic acids is 2. The zero-order chi connectivity index (χ0) is 19.6. The Kier molecular flexibility index (Phi) is 5.93. The molecule has 2 heterocycles. The van der Waals surface area contributed by atoms with Crippen molar-refractivity contribution in [1.82, 2.24) is 0 Å². The second-order valence-electron chi connectivity index (χ2n) is 7.05. The molecule has 0 aliphatic carbocycles. The predicted molar refractivity (Wildman–Crippen MR) is 95.9 cm³/mol. The SMILES string of the molecule is CC(=O)[NH+]([O-])C[C@@H]1CN(c2ccc(N3CCC(CO)CC3)c(F)c2)C(=O)O1. The van der Waals surface area contributed by atoms with E-state index < -0.39 is 29.0 Å². The number of nitrogens with one attached hydrogen (secondary N) is 1. The lowest BCUT2D eigenvalue weighted by molar-refractivity contribution is -0.768. The Balaban J connectivity index is 1.67. The molecule has 1 aromatic rings. The number of nitrogens with zero attached hydrogens (tertiary/aromatic N) is 2. The Labute approximate surface area is 156 Å². The second kappa shape index (κ2) is 8.20. The normalized spacial score (nSPS) is 22.1. The summed E-state index contributed by atoms with van der Waals surface area (Å²) < 4.78 is 19.8. The first-order valence-corrected chi connectivity index (χ1v) is 9.06. The number of quaternary nitrogens is 1. The summed E-state index contributed by atoms with van der Waals surface area (Å²) in [6, 6.07) is 4.56. The van der Waals surface area contributed by atoms with Crippen LogP contribution in [0.3, 0.4) is 0 Å². The van der Waals surface area contributed by atoms with Crippen molar-refractivity contribution in [3.05, 3.63) is 29.2 Å². The quantitative estimate of drug-likeness (QED) is 0.712. The van der Waals surface area contributed by atoms with E-state index in [9.17, 15) is 24.3 Å². The van der Waals surface area contributed by atoms with E-state index in [0.29, 0.717) is 24.5 Å². The first-order chi connectivity index (χ1) is 12.9. The summed E-state index contributed by atoms with van der Waals surface area (Å²) >= 11 is 0. The van der Waals surface area contributed by atoms with Crippen LogP contribution in [0.1, 0.15) is 19.8 Å². The Morgan fingerprint density at radius 2 is 2.11 bits per heavy atom. The van der Waals surface area contributed by atoms with Crippen LogP contribution in [0.25, 0.3) is 0 Å². The molecule has 2 amide bonds. The molecule has 1 aromatic carbocycles. The summed E-state index contributed by atoms with van der Waals surface area (Å²) in [4.78, 5) is 26.3. The van der Waals surface area contributed by atoms with E-state index in [1.807, 2.05) is 4.90 Å². The number of piperidine rings is 1. The van der Waals surface area contributed by atoms with Gasteiger partial charge in [0.2, 0.25) is 0 Å². The monoisotopic (exact) mass is 381 g/mol. The molecule has 0 bridgehead atoms. The van der Waals surface area contributed by atoms with Crippen molar-refractivity contribution in [1.29, 1.82) is 0 Å². The minimum Gasteiger partial charge on any atom is -0.627 e. The lowest BCUT2D eigenvalue weighted by atomic mass is 9.97. The van der Waals surface area contributed by atoms with Gasteiger partial charge in [-0.3, -0.25) is 4.90 Å². The Morgan fingerprint density at radius 3 is 2.70 bits per heavy atom. The van der Waals surface area contributed by atoms with Crippen molar-refractivity contribution in [3.63, 3.8) is 0 Å². The molecule has 2 aliphatic rings. The van der Waals surface area contributed by atoms with Gasteiger partial charge in [0.15, 0.2) is 6.10 Å². The minimum absolute atomic E-state index is 0.0958. The number of halogens is 1. The highest BCUT2D eigenvalue weighted by Crippen LogP contribution is 2.30. The molecule has 2 atom stereocenters. The standard InChI is InChI=1S/C18H24FN3O5/c1-12(24)22(26)10-15-9-21(18(25)27-15)14-2-3-17(16(19)8-14)20-6-4-13(11-23)5-7-20/h2-3,8,13,15,22-23H,4-7,9-11H2,1H3/t15-/m0/s1. The molecule has 8 nitrogen and oxygen atoms in total. The third-order valence-corrected chi connectivity index (χ3v) is 5.14. The molecule has 2 N–H and O–H groups in total. The number of rotatable bonds is 5. The first-order valence-electron chi connectivity index (χ1n) is 9.06. The number of aliphatic hydroxyl groups excluding tert-OH is 1. The van der Waals surface area contributed by atoms with Gasteiger partial charge >= 0.3 is 12.0 Å². The van der Waals surface area contributed by atoms with E-state index in [1.165, 1.54) is 17.9 Å². The molecule has 2 saturated heterocycles. The number of amides is 2. The van der Waals surface area contributed by atoms with Gasteiger partial charge in [-0.05, 0) is 37.0 Å². The molecule has 0 saturated carbocycles. The van der Waals surface area contributed by atoms with Crippen molar-refractivity contribution in [2.24, 2.45) is 5.92 Å². The zero-order valence-electron chi connectivity index (χ0n) is 15.2. The molecule has 0 aromatic heterocycles. The fraction of sp³-hybridized carbons (Fsp3) is 0.556. The van der Waals surface area contributed by atoms with E-state index in [0.717, 1.165) is 12.8 Å². The number of hydroxylamine groups is 2. The highest BCUT2D eigenvalue weighted by Gasteiger charge is 2.35. The molecule has 2 fully saturated rings. The molecule has 3 rings (SSSR count). The van der Waals surface area contributed by atoms with Crippen LogP contribution < -0.4 is 14.9 Å². The lowest BCUT2D eigenvalue weighted by Gasteiger charge is -2.33. The van der Waals surface area contributed by atoms with E-state index in [-0.39, 0.29) is 25.6 Å². The van der Waals surface area contributed by atoms with Crippen LogP contribution in [0.2, 0.25) is 0 Å². The molecule has 2 aliphatic heterocycles. The molecule has 0 spiro atoms. The Morgan fingerprint density at radius 1 is 1.41 bits per heavy atom. The van der Waals surface area contributed by atoms with Gasteiger partial charge in [0.1, 0.15) is 12.4 Å². The van der Waals surface area contributed by atoms with Gasteiger partial charge in [-0.1, -0.05) is 0 Å². The van der Waals surface area contributed by atoms with E-state index in [2.05, 4.69) is 0 Å². The summed E-state index contributed by atoms with van der Waals surface area (Å²) in [5.41, 5.74) is 0.815. The number of aliphatic hydroxyl groups is 1. The van der Waals surface area contributed by atoms with Gasteiger partial charge in [-0.25, -0.2) is 14.0 Å². The summed E-state index contributed by atoms with van der Waals surface area (Å²) in [6.07, 6.45) is 0.241. The maximum absolute atomic E-state index is 14.6. The summed E-state index contributed by atoms with van der Waals surface area (Å²) in [6.45, 7) is 2.59. The average molecular weight is 381 g/mol. The smallest absolute Gasteiger partial charge is 0.414 e. The number of hydrogen-bond acceptors (Lipinski definition) is 6. The predicted octanol–water partition coefficient (Wildman–Crippen LogP) is 0.289. The molecular weight excluding hydrogens is 357 g/mol. The van der Waals surface area contributed by atoms with Crippen LogP contribution in [0.15, 0.2) is 18.2 Å². The fourth-order valence-corrected chi connectivity index (χ4v) is 3.47. The van der Waals surface area contributed by atoms with E-state index in [4.69, 9.17) is 4.74 Å². The molecule has 9 heteroatoms. The van der Waals surface area contributed by atoms with Crippen LogP contribution in [-0.2, 0) is 9.53 Å². The van der Waals surface area contributed by atoms with Crippen molar-refractivity contribution in [2.45, 2.75) is 25.9 Å². The number of cyclic esters (lactones) is 1. The number of benzene rings is 1. The molecule has 1 unspecified atom stereocenters. The number of hydrogen-bond donors (Lipinski definition) is 2. The van der Waals surface area contributed by atoms with Gasteiger partial charge in [0, 0.05) is 19.7 Å². The summed E-state index contributed by atoms with van der Waals surface area (Å²) in [7, 11) is 0. The highest BCUT2D eigenvalue weighted by molar-refractivity contribution is 5.90. The van der Waals surface area contributed by atoms with Crippen molar-refractivity contribution in [2.75, 3.05) is 42.6 Å². The minimum atomic E-state index is -0.714. The maximum atomic E-state index is 14.6. The lowest BCUT2D eigenvalue weighted by Crippen LogP contribution is -3.10. The van der Waals surface area contributed by atoms with Crippen molar-refractivity contribution in [3.8, 4) is 0 Å². The fourth-order valence-electron chi connectivity index (χ4n) is 3.47. The topological polar surface area (TPSA) is 97.6 Å². The van der Waals surface area contributed by atoms with Crippen LogP contribution in [0, 0.1) is 16.9 Å². The van der Waals surface area contributed by atoms with Crippen LogP contribution in [0.4, 0.5) is 20.6 Å². The van der Waals surface area contributed by atoms with Gasteiger partial charge in [0.05, 0.1) is 24.8 Å². The third-order valence-electron chi connectivity index (χ3n) is 5.14. The molecule has 27 heavy (non-hydrogen) atoms. The molecule has 148 valence electrons. The second-order valence-corrected chi connectivity index (χ2v) is 7.05. The number of ether oxygens (including phenoxy) is 1. The summed E-state index contributed by atoms with van der Waals surface area (Å²) in [5, 5.41) is 20.1. The largest absolute Gasteiger partial charge is 0.627 e. The van der Waals surface area contributed by atoms with Crippen LogP contribution in [0.5, 0.6) is 0 Å². The highest BCUT2D eigenvalue weighted by atomic mass is 19.1. The van der Waals surface area contributed by atoms with Gasteiger partial charge in [-0.15, -0.1) is 0 Å². The van der Waals surface area contributed by atoms with E-state index >= 15 is 0 Å². The molecular formula is C18H24FN3O5. The molecule has 0 radical (unpaired) electrons. The number of carbonyl (C=O) groups is 2. The zero-order valence-corrected chi connectivity index (χ0v) is 15.2. The Hall–Kier alpha value is -2.23. The van der Waals surface area contributed by atoms with Crippen LogP contribution >= 0.6 is 0 Å². The van der Waals surface area contributed by atoms with Crippen LogP contribution in [-0.4, -0.2) is 56.0 Å². The van der Waals surface area contributed by atoms with Gasteiger partial charge < -0.3 is 25.0 Å². The van der Waals surface area contributed by atoms with Gasteiger partial charge in [-0.2, -0.15) is 0 Å². The van der Waals surface area contributed by atoms with Crippen molar-refractivity contribution >= 4 is 23.4 Å². The maximum Gasteiger partial charge on any atom is 0.414 e. The van der Waals surface area contributed by atoms with E-state index in [1.54, 1.807) is 12.1 Å². The average Bonchev–Trinajstić information content (AvgIpc) is 3.01. The van der Waals surface area contributed by atoms with Gasteiger partial charge in [0.25, 0.3) is 0 Å². The third kappa shape index (κ3) is 4.37. The van der Waals surface area contributed by atoms with Crippen molar-refractivity contribution < 1.29 is 28.9 Å².